The molecule has 16 heavy (non-hydrogen) atoms. The second-order valence-electron chi connectivity index (χ2n) is 3.92. The molecule has 1 aromatic carbocycles. The predicted molar refractivity (Wildman–Crippen MR) is 65.0 cm³/mol. The number of nitrogens with zero attached hydrogens (tertiary/aromatic N) is 1. The molecule has 1 unspecified atom stereocenters. The van der Waals surface area contributed by atoms with E-state index in [-0.39, 0.29) is 5.56 Å². The summed E-state index contributed by atoms with van der Waals surface area (Å²) in [7, 11) is 0. The average Bonchev–Trinajstić information content (AvgIpc) is 2.79. The van der Waals surface area contributed by atoms with Crippen LogP contribution in [0.1, 0.15) is 12.0 Å². The summed E-state index contributed by atoms with van der Waals surface area (Å²) in [5, 5.41) is 11.8. The van der Waals surface area contributed by atoms with Gasteiger partial charge in [0.15, 0.2) is 0 Å². The molecule has 1 atom stereocenters. The quantitative estimate of drug-likeness (QED) is 0.876. The summed E-state index contributed by atoms with van der Waals surface area (Å²) in [4.78, 5) is 0. The summed E-state index contributed by atoms with van der Waals surface area (Å²) in [6.45, 7) is 0.887. The van der Waals surface area contributed by atoms with E-state index in [0.29, 0.717) is 5.92 Å². The molecule has 2 nitrogen and oxygen atoms in total. The standard InChI is InChI=1S/C12H13FN2S/c13-12-5-11(2-1-10(12)6-14)15-7-9-3-4-16-8-9/h1-2,5,9,15H,3-4,7-8H2. The van der Waals surface area contributed by atoms with Crippen molar-refractivity contribution >= 4 is 17.4 Å². The van der Waals surface area contributed by atoms with Crippen molar-refractivity contribution in [2.24, 2.45) is 5.92 Å². The van der Waals surface area contributed by atoms with Crippen molar-refractivity contribution in [1.29, 1.82) is 5.26 Å². The summed E-state index contributed by atoms with van der Waals surface area (Å²) in [5.41, 5.74) is 0.857. The summed E-state index contributed by atoms with van der Waals surface area (Å²) in [6, 6.07) is 6.47. The lowest BCUT2D eigenvalue weighted by atomic mass is 10.1. The van der Waals surface area contributed by atoms with Gasteiger partial charge in [-0.1, -0.05) is 0 Å². The molecule has 1 aliphatic heterocycles. The molecule has 0 aliphatic carbocycles. The van der Waals surface area contributed by atoms with Crippen LogP contribution in [0.4, 0.5) is 10.1 Å². The Morgan fingerprint density at radius 3 is 3.06 bits per heavy atom. The maximum absolute atomic E-state index is 13.3. The Kier molecular flexibility index (Phi) is 3.68. The minimum Gasteiger partial charge on any atom is -0.385 e. The summed E-state index contributed by atoms with van der Waals surface area (Å²) in [5.74, 6) is 2.65. The lowest BCUT2D eigenvalue weighted by Crippen LogP contribution is -2.13. The molecule has 0 spiro atoms. The van der Waals surface area contributed by atoms with E-state index in [9.17, 15) is 4.39 Å². The van der Waals surface area contributed by atoms with Crippen molar-refractivity contribution in [2.45, 2.75) is 6.42 Å². The maximum atomic E-state index is 13.3. The molecule has 0 aromatic heterocycles. The Morgan fingerprint density at radius 2 is 2.44 bits per heavy atom. The zero-order valence-electron chi connectivity index (χ0n) is 8.87. The second-order valence-corrected chi connectivity index (χ2v) is 5.07. The topological polar surface area (TPSA) is 35.8 Å². The van der Waals surface area contributed by atoms with Crippen molar-refractivity contribution < 1.29 is 4.39 Å². The molecule has 1 aliphatic rings. The van der Waals surface area contributed by atoms with Crippen molar-refractivity contribution in [3.8, 4) is 6.07 Å². The fraction of sp³-hybridized carbons (Fsp3) is 0.417. The number of rotatable bonds is 3. The van der Waals surface area contributed by atoms with E-state index in [0.717, 1.165) is 12.2 Å². The van der Waals surface area contributed by atoms with Crippen molar-refractivity contribution in [1.82, 2.24) is 0 Å². The molecule has 0 saturated carbocycles. The molecule has 1 heterocycles. The van der Waals surface area contributed by atoms with Gasteiger partial charge in [-0.25, -0.2) is 4.39 Å². The Morgan fingerprint density at radius 1 is 1.56 bits per heavy atom. The first-order chi connectivity index (χ1) is 7.79. The largest absolute Gasteiger partial charge is 0.385 e. The highest BCUT2D eigenvalue weighted by atomic mass is 32.2. The third kappa shape index (κ3) is 2.67. The van der Waals surface area contributed by atoms with Gasteiger partial charge in [-0.3, -0.25) is 0 Å². The molecule has 1 N–H and O–H groups in total. The minimum absolute atomic E-state index is 0.0990. The van der Waals surface area contributed by atoms with E-state index in [1.54, 1.807) is 6.07 Å². The SMILES string of the molecule is N#Cc1ccc(NCC2CCSC2)cc1F. The van der Waals surface area contributed by atoms with Crippen LogP contribution in [0.3, 0.4) is 0 Å². The van der Waals surface area contributed by atoms with Gasteiger partial charge in [0.05, 0.1) is 5.56 Å². The number of hydrogen-bond donors (Lipinski definition) is 1. The molecule has 1 aromatic rings. The highest BCUT2D eigenvalue weighted by Gasteiger charge is 2.14. The number of anilines is 1. The van der Waals surface area contributed by atoms with Crippen molar-refractivity contribution in [3.05, 3.63) is 29.6 Å². The Labute approximate surface area is 98.8 Å². The normalized spacial score (nSPS) is 19.4. The zero-order valence-corrected chi connectivity index (χ0v) is 9.69. The minimum atomic E-state index is -0.451. The van der Waals surface area contributed by atoms with E-state index in [1.165, 1.54) is 30.1 Å². The maximum Gasteiger partial charge on any atom is 0.143 e. The van der Waals surface area contributed by atoms with Crippen molar-refractivity contribution in [3.63, 3.8) is 0 Å². The van der Waals surface area contributed by atoms with Crippen LogP contribution in [0, 0.1) is 23.1 Å². The van der Waals surface area contributed by atoms with Crippen LogP contribution < -0.4 is 5.32 Å². The third-order valence-corrected chi connectivity index (χ3v) is 3.94. The van der Waals surface area contributed by atoms with Crippen LogP contribution in [0.25, 0.3) is 0 Å². The highest BCUT2D eigenvalue weighted by molar-refractivity contribution is 7.99. The van der Waals surface area contributed by atoms with Gasteiger partial charge in [-0.15, -0.1) is 0 Å². The molecule has 0 bridgehead atoms. The van der Waals surface area contributed by atoms with Crippen molar-refractivity contribution in [2.75, 3.05) is 23.4 Å². The number of nitrogens with one attached hydrogen (secondary N) is 1. The first kappa shape index (κ1) is 11.3. The lowest BCUT2D eigenvalue weighted by Gasteiger charge is -2.11. The Bertz CT molecular complexity index is 408. The summed E-state index contributed by atoms with van der Waals surface area (Å²) < 4.78 is 13.3. The summed E-state index contributed by atoms with van der Waals surface area (Å²) in [6.07, 6.45) is 1.23. The smallest absolute Gasteiger partial charge is 0.143 e. The van der Waals surface area contributed by atoms with Gasteiger partial charge in [-0.05, 0) is 42.0 Å². The first-order valence-electron chi connectivity index (χ1n) is 5.31. The van der Waals surface area contributed by atoms with Gasteiger partial charge in [-0.2, -0.15) is 17.0 Å². The molecule has 84 valence electrons. The van der Waals surface area contributed by atoms with Gasteiger partial charge in [0, 0.05) is 12.2 Å². The second kappa shape index (κ2) is 5.22. The van der Waals surface area contributed by atoms with E-state index in [1.807, 2.05) is 17.8 Å². The zero-order chi connectivity index (χ0) is 11.4. The van der Waals surface area contributed by atoms with Crippen LogP contribution in [-0.2, 0) is 0 Å². The molecule has 0 radical (unpaired) electrons. The Hall–Kier alpha value is -1.21. The molecule has 1 saturated heterocycles. The monoisotopic (exact) mass is 236 g/mol. The number of benzene rings is 1. The van der Waals surface area contributed by atoms with Crippen LogP contribution in [-0.4, -0.2) is 18.1 Å². The fourth-order valence-electron chi connectivity index (χ4n) is 1.72. The average molecular weight is 236 g/mol. The van der Waals surface area contributed by atoms with Gasteiger partial charge in [0.25, 0.3) is 0 Å². The lowest BCUT2D eigenvalue weighted by molar-refractivity contribution is 0.619. The van der Waals surface area contributed by atoms with Gasteiger partial charge in [0.2, 0.25) is 0 Å². The van der Waals surface area contributed by atoms with Gasteiger partial charge < -0.3 is 5.32 Å². The van der Waals surface area contributed by atoms with Gasteiger partial charge in [0.1, 0.15) is 11.9 Å². The predicted octanol–water partition coefficient (Wildman–Crippen LogP) is 2.86. The van der Waals surface area contributed by atoms with Gasteiger partial charge >= 0.3 is 0 Å². The third-order valence-electron chi connectivity index (χ3n) is 2.71. The van der Waals surface area contributed by atoms with Crippen LogP contribution in [0.5, 0.6) is 0 Å². The number of halogens is 1. The number of thioether (sulfide) groups is 1. The van der Waals surface area contributed by atoms with Crippen LogP contribution in [0.15, 0.2) is 18.2 Å². The van der Waals surface area contributed by atoms with Crippen LogP contribution in [0.2, 0.25) is 0 Å². The number of hydrogen-bond acceptors (Lipinski definition) is 3. The van der Waals surface area contributed by atoms with E-state index in [2.05, 4.69) is 5.32 Å². The highest BCUT2D eigenvalue weighted by Crippen LogP contribution is 2.24. The van der Waals surface area contributed by atoms with E-state index < -0.39 is 5.82 Å². The first-order valence-corrected chi connectivity index (χ1v) is 6.46. The fourth-order valence-corrected chi connectivity index (χ4v) is 3.01. The molecular weight excluding hydrogens is 223 g/mol. The molecule has 0 amide bonds. The molecular formula is C12H13FN2S. The molecule has 2 rings (SSSR count). The summed E-state index contributed by atoms with van der Waals surface area (Å²) >= 11 is 1.97. The molecule has 4 heteroatoms. The van der Waals surface area contributed by atoms with Crippen LogP contribution >= 0.6 is 11.8 Å². The Balaban J connectivity index is 1.94. The van der Waals surface area contributed by atoms with E-state index in [4.69, 9.17) is 5.26 Å². The van der Waals surface area contributed by atoms with E-state index >= 15 is 0 Å². The molecule has 1 fully saturated rings. The number of nitriles is 1.